The molecule has 0 spiro atoms. The largest absolute Gasteiger partial charge is 0.463 e. The molecule has 1 N–H and O–H groups in total. The number of rotatable bonds is 1. The first-order valence-corrected chi connectivity index (χ1v) is 4.58. The Labute approximate surface area is 87.8 Å². The summed E-state index contributed by atoms with van der Waals surface area (Å²) in [6.45, 7) is -0.675. The molecule has 1 heterocycles. The molecule has 0 saturated carbocycles. The van der Waals surface area contributed by atoms with Gasteiger partial charge in [-0.2, -0.15) is 22.0 Å². The van der Waals surface area contributed by atoms with E-state index in [1.165, 1.54) is 0 Å². The molecule has 94 valence electrons. The number of amides is 1. The van der Waals surface area contributed by atoms with Crippen molar-refractivity contribution in [1.82, 2.24) is 4.90 Å². The summed E-state index contributed by atoms with van der Waals surface area (Å²) in [5, 5.41) is 9.08. The summed E-state index contributed by atoms with van der Waals surface area (Å²) in [5.74, 6) is -7.68. The van der Waals surface area contributed by atoms with Crippen LogP contribution in [0.25, 0.3) is 0 Å². The Morgan fingerprint density at radius 3 is 2.25 bits per heavy atom. The molecule has 1 fully saturated rings. The number of likely N-dealkylation sites (tertiary alicyclic amines) is 1. The first-order chi connectivity index (χ1) is 7.16. The van der Waals surface area contributed by atoms with Crippen LogP contribution in [0.15, 0.2) is 0 Å². The van der Waals surface area contributed by atoms with Crippen molar-refractivity contribution in [1.29, 1.82) is 0 Å². The van der Waals surface area contributed by atoms with Crippen LogP contribution in [0.1, 0.15) is 12.8 Å². The minimum absolute atomic E-state index is 0.193. The van der Waals surface area contributed by atoms with Crippen LogP contribution in [0, 0.1) is 0 Å². The lowest BCUT2D eigenvalue weighted by Crippen LogP contribution is -2.55. The van der Waals surface area contributed by atoms with E-state index in [4.69, 9.17) is 5.11 Å². The number of β-amino-alcohol motifs (C(OH)–C–C–N with tert-alkyl or cyclic N) is 1. The molecule has 1 amide bonds. The molecule has 3 nitrogen and oxygen atoms in total. The van der Waals surface area contributed by atoms with Crippen LogP contribution >= 0.6 is 0 Å². The molecule has 0 aliphatic carbocycles. The van der Waals surface area contributed by atoms with E-state index in [1.807, 2.05) is 0 Å². The normalized spacial score (nSPS) is 23.4. The Hall–Kier alpha value is -0.920. The van der Waals surface area contributed by atoms with Gasteiger partial charge in [-0.05, 0) is 12.8 Å². The second-order valence-corrected chi connectivity index (χ2v) is 3.62. The third-order valence-electron chi connectivity index (χ3n) is 2.31. The predicted molar refractivity (Wildman–Crippen MR) is 42.8 cm³/mol. The van der Waals surface area contributed by atoms with E-state index in [-0.39, 0.29) is 13.0 Å². The maximum atomic E-state index is 12.6. The van der Waals surface area contributed by atoms with Gasteiger partial charge in [-0.25, -0.2) is 0 Å². The Kier molecular flexibility index (Phi) is 3.41. The SMILES string of the molecule is O=C(N1CCCC(O)C1)C(F)(F)C(F)(F)F. The average Bonchev–Trinajstić information content (AvgIpc) is 2.14. The Bertz CT molecular complexity index is 278. The molecule has 0 bridgehead atoms. The summed E-state index contributed by atoms with van der Waals surface area (Å²) < 4.78 is 60.9. The molecule has 1 rings (SSSR count). The Balaban J connectivity index is 2.77. The molecule has 16 heavy (non-hydrogen) atoms. The van der Waals surface area contributed by atoms with Crippen LogP contribution < -0.4 is 0 Å². The maximum absolute atomic E-state index is 12.6. The van der Waals surface area contributed by atoms with Gasteiger partial charge in [0.15, 0.2) is 0 Å². The van der Waals surface area contributed by atoms with Gasteiger partial charge in [0.25, 0.3) is 0 Å². The van der Waals surface area contributed by atoms with Crippen LogP contribution in [-0.2, 0) is 4.79 Å². The highest BCUT2D eigenvalue weighted by molar-refractivity contribution is 5.84. The zero-order valence-electron chi connectivity index (χ0n) is 8.10. The van der Waals surface area contributed by atoms with E-state index in [0.717, 1.165) is 0 Å². The number of halogens is 5. The minimum Gasteiger partial charge on any atom is -0.391 e. The molecular formula is C8H10F5NO2. The maximum Gasteiger partial charge on any atom is 0.463 e. The van der Waals surface area contributed by atoms with Gasteiger partial charge in [-0.1, -0.05) is 0 Å². The fourth-order valence-electron chi connectivity index (χ4n) is 1.46. The summed E-state index contributed by atoms with van der Waals surface area (Å²) in [6, 6.07) is 0. The van der Waals surface area contributed by atoms with Crippen LogP contribution in [0.3, 0.4) is 0 Å². The standard InChI is InChI=1S/C8H10F5NO2/c9-7(10,8(11,12)13)6(16)14-3-1-2-5(15)4-14/h5,15H,1-4H2. The number of alkyl halides is 5. The fourth-order valence-corrected chi connectivity index (χ4v) is 1.46. The average molecular weight is 247 g/mol. The number of aliphatic hydroxyl groups is 1. The third-order valence-corrected chi connectivity index (χ3v) is 2.31. The van der Waals surface area contributed by atoms with Crippen molar-refractivity contribution in [2.75, 3.05) is 13.1 Å². The van der Waals surface area contributed by atoms with E-state index in [9.17, 15) is 26.7 Å². The van der Waals surface area contributed by atoms with Gasteiger partial charge in [-0.3, -0.25) is 4.79 Å². The Morgan fingerprint density at radius 2 is 1.81 bits per heavy atom. The first-order valence-electron chi connectivity index (χ1n) is 4.58. The molecule has 1 unspecified atom stereocenters. The van der Waals surface area contributed by atoms with Crippen LogP contribution in [0.2, 0.25) is 0 Å². The van der Waals surface area contributed by atoms with Gasteiger partial charge in [0.1, 0.15) is 0 Å². The lowest BCUT2D eigenvalue weighted by Gasteiger charge is -2.32. The van der Waals surface area contributed by atoms with Gasteiger partial charge in [0.05, 0.1) is 6.10 Å². The molecule has 0 aromatic heterocycles. The third kappa shape index (κ3) is 2.42. The van der Waals surface area contributed by atoms with Crippen LogP contribution in [0.4, 0.5) is 22.0 Å². The first kappa shape index (κ1) is 13.1. The molecule has 0 aromatic carbocycles. The smallest absolute Gasteiger partial charge is 0.391 e. The van der Waals surface area contributed by atoms with Crippen molar-refractivity contribution in [2.24, 2.45) is 0 Å². The topological polar surface area (TPSA) is 40.5 Å². The van der Waals surface area contributed by atoms with Crippen molar-refractivity contribution in [2.45, 2.75) is 31.0 Å². The van der Waals surface area contributed by atoms with Crippen molar-refractivity contribution >= 4 is 5.91 Å². The summed E-state index contributed by atoms with van der Waals surface area (Å²) >= 11 is 0. The molecule has 1 aliphatic rings. The highest BCUT2D eigenvalue weighted by Crippen LogP contribution is 2.37. The van der Waals surface area contributed by atoms with Gasteiger partial charge < -0.3 is 10.0 Å². The second kappa shape index (κ2) is 4.15. The van der Waals surface area contributed by atoms with Crippen molar-refractivity contribution in [3.8, 4) is 0 Å². The lowest BCUT2D eigenvalue weighted by atomic mass is 10.1. The fraction of sp³-hybridized carbons (Fsp3) is 0.875. The number of carbonyl (C=O) groups excluding carboxylic acids is 1. The summed E-state index contributed by atoms with van der Waals surface area (Å²) in [4.78, 5) is 11.3. The number of piperidine rings is 1. The zero-order valence-corrected chi connectivity index (χ0v) is 8.10. The molecule has 1 saturated heterocycles. The van der Waals surface area contributed by atoms with Crippen molar-refractivity contribution in [3.63, 3.8) is 0 Å². The second-order valence-electron chi connectivity index (χ2n) is 3.62. The molecule has 1 atom stereocenters. The van der Waals surface area contributed by atoms with E-state index < -0.39 is 30.7 Å². The lowest BCUT2D eigenvalue weighted by molar-refractivity contribution is -0.275. The Morgan fingerprint density at radius 1 is 1.25 bits per heavy atom. The van der Waals surface area contributed by atoms with E-state index in [2.05, 4.69) is 0 Å². The number of nitrogens with zero attached hydrogens (tertiary/aromatic N) is 1. The number of carbonyl (C=O) groups is 1. The number of hydrogen-bond donors (Lipinski definition) is 1. The number of hydrogen-bond acceptors (Lipinski definition) is 2. The predicted octanol–water partition coefficient (Wildman–Crippen LogP) is 1.17. The highest BCUT2D eigenvalue weighted by Gasteiger charge is 2.64. The minimum atomic E-state index is -5.90. The van der Waals surface area contributed by atoms with E-state index in [0.29, 0.717) is 11.3 Å². The quantitative estimate of drug-likeness (QED) is 0.706. The van der Waals surface area contributed by atoms with Gasteiger partial charge >= 0.3 is 18.0 Å². The summed E-state index contributed by atoms with van der Waals surface area (Å²) in [5.41, 5.74) is 0. The van der Waals surface area contributed by atoms with E-state index >= 15 is 0 Å². The van der Waals surface area contributed by atoms with Crippen molar-refractivity contribution in [3.05, 3.63) is 0 Å². The van der Waals surface area contributed by atoms with Crippen molar-refractivity contribution < 1.29 is 31.9 Å². The molecule has 1 aliphatic heterocycles. The van der Waals surface area contributed by atoms with Crippen LogP contribution in [-0.4, -0.2) is 47.2 Å². The zero-order chi connectivity index (χ0) is 12.6. The highest BCUT2D eigenvalue weighted by atomic mass is 19.4. The molecule has 0 aromatic rings. The van der Waals surface area contributed by atoms with Gasteiger partial charge in [0.2, 0.25) is 0 Å². The summed E-state index contributed by atoms with van der Waals surface area (Å²) in [6.07, 6.45) is -6.43. The monoisotopic (exact) mass is 247 g/mol. The molecule has 0 radical (unpaired) electrons. The van der Waals surface area contributed by atoms with Gasteiger partial charge in [0, 0.05) is 13.1 Å². The molecular weight excluding hydrogens is 237 g/mol. The van der Waals surface area contributed by atoms with Crippen LogP contribution in [0.5, 0.6) is 0 Å². The molecule has 8 heteroatoms. The summed E-state index contributed by atoms with van der Waals surface area (Å²) in [7, 11) is 0. The van der Waals surface area contributed by atoms with Gasteiger partial charge in [-0.15, -0.1) is 0 Å². The van der Waals surface area contributed by atoms with E-state index in [1.54, 1.807) is 0 Å². The number of aliphatic hydroxyl groups excluding tert-OH is 1.